The molecule has 3 rings (SSSR count). The monoisotopic (exact) mass is 242 g/mol. The average molecular weight is 242 g/mol. The minimum Gasteiger partial charge on any atom is -0.480 e. The van der Waals surface area contributed by atoms with Gasteiger partial charge in [0, 0.05) is 11.9 Å². The smallest absolute Gasteiger partial charge is 0.326 e. The molecule has 0 radical (unpaired) electrons. The number of nitrogens with zero attached hydrogens (tertiary/aromatic N) is 2. The van der Waals surface area contributed by atoms with Gasteiger partial charge < -0.3 is 10.0 Å². The third-order valence-electron chi connectivity index (χ3n) is 3.45. The molecule has 1 saturated heterocycles. The van der Waals surface area contributed by atoms with Gasteiger partial charge in [0.05, 0.1) is 17.4 Å². The number of carboxylic acids is 1. The van der Waals surface area contributed by atoms with Crippen molar-refractivity contribution >= 4 is 22.6 Å². The van der Waals surface area contributed by atoms with E-state index in [9.17, 15) is 9.90 Å². The van der Waals surface area contributed by atoms with Gasteiger partial charge in [-0.2, -0.15) is 0 Å². The minimum atomic E-state index is -0.749. The molecule has 0 saturated carbocycles. The SMILES string of the molecule is O=C(O)C1CCCN1c1cnc2ccccc2c1. The lowest BCUT2D eigenvalue weighted by Crippen LogP contribution is -2.35. The van der Waals surface area contributed by atoms with Crippen LogP contribution in [0.15, 0.2) is 36.5 Å². The summed E-state index contributed by atoms with van der Waals surface area (Å²) >= 11 is 0. The Balaban J connectivity index is 2.01. The van der Waals surface area contributed by atoms with E-state index in [4.69, 9.17) is 0 Å². The number of aromatic nitrogens is 1. The van der Waals surface area contributed by atoms with E-state index in [0.717, 1.165) is 29.6 Å². The molecule has 0 spiro atoms. The van der Waals surface area contributed by atoms with Crippen LogP contribution in [0.5, 0.6) is 0 Å². The highest BCUT2D eigenvalue weighted by Crippen LogP contribution is 2.27. The van der Waals surface area contributed by atoms with Crippen LogP contribution in [0.4, 0.5) is 5.69 Å². The highest BCUT2D eigenvalue weighted by atomic mass is 16.4. The number of rotatable bonds is 2. The zero-order valence-electron chi connectivity index (χ0n) is 9.91. The maximum Gasteiger partial charge on any atom is 0.326 e. The summed E-state index contributed by atoms with van der Waals surface area (Å²) in [7, 11) is 0. The molecule has 1 atom stereocenters. The van der Waals surface area contributed by atoms with Crippen molar-refractivity contribution in [1.82, 2.24) is 4.98 Å². The van der Waals surface area contributed by atoms with Gasteiger partial charge in [0.2, 0.25) is 0 Å². The number of carboxylic acid groups (broad SMARTS) is 1. The second-order valence-corrected chi connectivity index (χ2v) is 4.58. The first kappa shape index (κ1) is 11.0. The Hall–Kier alpha value is -2.10. The maximum absolute atomic E-state index is 11.2. The molecule has 4 nitrogen and oxygen atoms in total. The average Bonchev–Trinajstić information content (AvgIpc) is 2.87. The van der Waals surface area contributed by atoms with Crippen LogP contribution in [0.3, 0.4) is 0 Å². The lowest BCUT2D eigenvalue weighted by atomic mass is 10.2. The summed E-state index contributed by atoms with van der Waals surface area (Å²) in [5.41, 5.74) is 1.84. The number of carbonyl (C=O) groups is 1. The molecule has 1 fully saturated rings. The Morgan fingerprint density at radius 1 is 1.39 bits per heavy atom. The van der Waals surface area contributed by atoms with Gasteiger partial charge in [0.25, 0.3) is 0 Å². The Morgan fingerprint density at radius 2 is 2.22 bits per heavy atom. The van der Waals surface area contributed by atoms with Crippen molar-refractivity contribution in [1.29, 1.82) is 0 Å². The first-order valence-corrected chi connectivity index (χ1v) is 6.10. The molecule has 0 amide bonds. The van der Waals surface area contributed by atoms with Gasteiger partial charge in [-0.15, -0.1) is 0 Å². The number of hydrogen-bond acceptors (Lipinski definition) is 3. The molecular weight excluding hydrogens is 228 g/mol. The molecule has 0 bridgehead atoms. The Kier molecular flexibility index (Phi) is 2.63. The van der Waals surface area contributed by atoms with Crippen molar-refractivity contribution in [2.45, 2.75) is 18.9 Å². The lowest BCUT2D eigenvalue weighted by molar-refractivity contribution is -0.138. The third kappa shape index (κ3) is 1.79. The molecule has 1 aliphatic heterocycles. The van der Waals surface area contributed by atoms with Crippen molar-refractivity contribution in [3.05, 3.63) is 36.5 Å². The Bertz CT molecular complexity index is 597. The molecule has 4 heteroatoms. The van der Waals surface area contributed by atoms with Crippen LogP contribution in [-0.4, -0.2) is 28.6 Å². The van der Waals surface area contributed by atoms with Gasteiger partial charge in [-0.3, -0.25) is 4.98 Å². The van der Waals surface area contributed by atoms with Crippen molar-refractivity contribution in [2.24, 2.45) is 0 Å². The van der Waals surface area contributed by atoms with E-state index >= 15 is 0 Å². The fourth-order valence-electron chi connectivity index (χ4n) is 2.55. The number of benzene rings is 1. The molecule has 18 heavy (non-hydrogen) atoms. The van der Waals surface area contributed by atoms with Crippen LogP contribution in [-0.2, 0) is 4.79 Å². The zero-order valence-corrected chi connectivity index (χ0v) is 9.91. The second kappa shape index (κ2) is 4.29. The third-order valence-corrected chi connectivity index (χ3v) is 3.45. The normalized spacial score (nSPS) is 19.3. The van der Waals surface area contributed by atoms with Crippen LogP contribution in [0.25, 0.3) is 10.9 Å². The van der Waals surface area contributed by atoms with Gasteiger partial charge in [0.15, 0.2) is 0 Å². The van der Waals surface area contributed by atoms with Crippen LogP contribution < -0.4 is 4.90 Å². The molecule has 1 N–H and O–H groups in total. The van der Waals surface area contributed by atoms with Gasteiger partial charge in [-0.05, 0) is 25.0 Å². The van der Waals surface area contributed by atoms with Gasteiger partial charge in [-0.25, -0.2) is 4.79 Å². The summed E-state index contributed by atoms with van der Waals surface area (Å²) in [6, 6.07) is 9.48. The highest BCUT2D eigenvalue weighted by molar-refractivity contribution is 5.84. The molecule has 1 aromatic carbocycles. The second-order valence-electron chi connectivity index (χ2n) is 4.58. The number of para-hydroxylation sites is 1. The fourth-order valence-corrected chi connectivity index (χ4v) is 2.55. The zero-order chi connectivity index (χ0) is 12.5. The summed E-state index contributed by atoms with van der Waals surface area (Å²) in [4.78, 5) is 17.5. The largest absolute Gasteiger partial charge is 0.480 e. The predicted molar refractivity (Wildman–Crippen MR) is 69.7 cm³/mol. The highest BCUT2D eigenvalue weighted by Gasteiger charge is 2.30. The summed E-state index contributed by atoms with van der Waals surface area (Å²) in [6.07, 6.45) is 3.40. The maximum atomic E-state index is 11.2. The van der Waals surface area contributed by atoms with Gasteiger partial charge in [-0.1, -0.05) is 18.2 Å². The first-order chi connectivity index (χ1) is 8.75. The van der Waals surface area contributed by atoms with E-state index in [2.05, 4.69) is 4.98 Å². The van der Waals surface area contributed by atoms with E-state index in [0.29, 0.717) is 6.42 Å². The Morgan fingerprint density at radius 3 is 3.06 bits per heavy atom. The molecule has 1 aliphatic rings. The number of anilines is 1. The molecule has 1 unspecified atom stereocenters. The van der Waals surface area contributed by atoms with Crippen LogP contribution in [0, 0.1) is 0 Å². The number of aliphatic carboxylic acids is 1. The standard InChI is InChI=1S/C14H14N2O2/c17-14(18)13-6-3-7-16(13)11-8-10-4-1-2-5-12(10)15-9-11/h1-2,4-5,8-9,13H,3,6-7H2,(H,17,18). The summed E-state index contributed by atoms with van der Waals surface area (Å²) in [6.45, 7) is 0.789. The topological polar surface area (TPSA) is 53.4 Å². The van der Waals surface area contributed by atoms with E-state index < -0.39 is 12.0 Å². The lowest BCUT2D eigenvalue weighted by Gasteiger charge is -2.23. The first-order valence-electron chi connectivity index (χ1n) is 6.10. The van der Waals surface area contributed by atoms with E-state index in [1.165, 1.54) is 0 Å². The van der Waals surface area contributed by atoms with Crippen molar-refractivity contribution < 1.29 is 9.90 Å². The number of fused-ring (bicyclic) bond motifs is 1. The molecule has 2 aromatic rings. The van der Waals surface area contributed by atoms with E-state index in [1.54, 1.807) is 6.20 Å². The minimum absolute atomic E-state index is 0.409. The molecule has 92 valence electrons. The number of hydrogen-bond donors (Lipinski definition) is 1. The van der Waals surface area contributed by atoms with Crippen molar-refractivity contribution in [3.8, 4) is 0 Å². The van der Waals surface area contributed by atoms with Crippen molar-refractivity contribution in [3.63, 3.8) is 0 Å². The van der Waals surface area contributed by atoms with E-state index in [-0.39, 0.29) is 0 Å². The van der Waals surface area contributed by atoms with Crippen molar-refractivity contribution in [2.75, 3.05) is 11.4 Å². The summed E-state index contributed by atoms with van der Waals surface area (Å²) < 4.78 is 0. The number of pyridine rings is 1. The molecule has 1 aromatic heterocycles. The van der Waals surface area contributed by atoms with Crippen LogP contribution in [0.1, 0.15) is 12.8 Å². The molecular formula is C14H14N2O2. The predicted octanol–water partition coefficient (Wildman–Crippen LogP) is 2.29. The quantitative estimate of drug-likeness (QED) is 0.877. The molecule has 0 aliphatic carbocycles. The van der Waals surface area contributed by atoms with Gasteiger partial charge >= 0.3 is 5.97 Å². The Labute approximate surface area is 105 Å². The van der Waals surface area contributed by atoms with Crippen LogP contribution in [0.2, 0.25) is 0 Å². The van der Waals surface area contributed by atoms with E-state index in [1.807, 2.05) is 35.2 Å². The summed E-state index contributed by atoms with van der Waals surface area (Å²) in [5.74, 6) is -0.749. The molecule has 2 heterocycles. The fraction of sp³-hybridized carbons (Fsp3) is 0.286. The van der Waals surface area contributed by atoms with Crippen LogP contribution >= 0.6 is 0 Å². The summed E-state index contributed by atoms with van der Waals surface area (Å²) in [5, 5.41) is 10.2. The van der Waals surface area contributed by atoms with Gasteiger partial charge in [0.1, 0.15) is 6.04 Å².